The first-order chi connectivity index (χ1) is 16.6. The van der Waals surface area contributed by atoms with Crippen molar-refractivity contribution in [3.63, 3.8) is 0 Å². The molecule has 6 rings (SSSR count). The van der Waals surface area contributed by atoms with Gasteiger partial charge in [0.05, 0.1) is 0 Å². The minimum absolute atomic E-state index is 0. The zero-order valence-corrected chi connectivity index (χ0v) is 27.3. The van der Waals surface area contributed by atoms with Crippen molar-refractivity contribution in [3.8, 4) is 11.1 Å². The molecule has 0 N–H and O–H groups in total. The van der Waals surface area contributed by atoms with Crippen LogP contribution in [-0.2, 0) is 18.6 Å². The predicted octanol–water partition coefficient (Wildman–Crippen LogP) is 6.91. The fraction of sp³-hybridized carbons (Fsp3) is 0.125. The van der Waals surface area contributed by atoms with E-state index in [9.17, 15) is 0 Å². The van der Waals surface area contributed by atoms with Crippen LogP contribution in [0.25, 0.3) is 16.7 Å². The summed E-state index contributed by atoms with van der Waals surface area (Å²) in [5.41, 5.74) is 11.8. The van der Waals surface area contributed by atoms with Gasteiger partial charge in [-0.3, -0.25) is 0 Å². The Balaban J connectivity index is 0.00000152. The molecule has 4 aromatic rings. The van der Waals surface area contributed by atoms with E-state index in [1.165, 1.54) is 33.4 Å². The van der Waals surface area contributed by atoms with Gasteiger partial charge in [-0.15, -0.1) is 24.8 Å². The van der Waals surface area contributed by atoms with Gasteiger partial charge in [0.15, 0.2) is 0 Å². The van der Waals surface area contributed by atoms with E-state index in [2.05, 4.69) is 130 Å². The summed E-state index contributed by atoms with van der Waals surface area (Å²) in [6, 6.07) is 34.9. The Hall–Kier alpha value is -1.97. The fourth-order valence-electron chi connectivity index (χ4n) is 6.13. The number of rotatable bonds is 4. The first-order valence-corrected chi connectivity index (χ1v) is 26.2. The summed E-state index contributed by atoms with van der Waals surface area (Å²) in [7, 11) is 0. The number of benzene rings is 4. The number of halogens is 2. The molecule has 0 amide bonds. The molecule has 0 aromatic heterocycles. The van der Waals surface area contributed by atoms with E-state index >= 15 is 0 Å². The second kappa shape index (κ2) is 10.8. The summed E-state index contributed by atoms with van der Waals surface area (Å²) >= 11 is -3.44. The van der Waals surface area contributed by atoms with E-state index in [1.54, 1.807) is 17.8 Å². The smallest absolute Gasteiger partial charge is 0.147 e. The van der Waals surface area contributed by atoms with E-state index in [-0.39, 0.29) is 24.8 Å². The van der Waals surface area contributed by atoms with Gasteiger partial charge < -0.3 is 0 Å². The van der Waals surface area contributed by atoms with E-state index in [0.29, 0.717) is 3.67 Å². The van der Waals surface area contributed by atoms with Crippen molar-refractivity contribution in [2.45, 2.75) is 23.9 Å². The van der Waals surface area contributed by atoms with Crippen LogP contribution in [0.4, 0.5) is 0 Å². The maximum absolute atomic E-state index is 3.44. The summed E-state index contributed by atoms with van der Waals surface area (Å²) in [5.74, 6) is 0. The molecule has 0 aliphatic heterocycles. The van der Waals surface area contributed by atoms with E-state index in [1.807, 2.05) is 0 Å². The number of hydrogen-bond acceptors (Lipinski definition) is 0. The van der Waals surface area contributed by atoms with Crippen LogP contribution in [-0.4, -0.2) is 6.94 Å². The molecule has 0 heterocycles. The number of aryl methyl sites for hydroxylation is 2. The molecule has 0 saturated heterocycles. The zero-order chi connectivity index (χ0) is 23.3. The van der Waals surface area contributed by atoms with Gasteiger partial charge in [0.1, 0.15) is 0 Å². The van der Waals surface area contributed by atoms with Crippen LogP contribution in [0, 0.1) is 13.8 Å². The normalized spacial score (nSPS) is 15.4. The van der Waals surface area contributed by atoms with Crippen LogP contribution < -0.4 is 6.64 Å². The molecule has 0 spiro atoms. The molecule has 4 heteroatoms. The van der Waals surface area contributed by atoms with Crippen molar-refractivity contribution >= 4 is 44.0 Å². The molecule has 36 heavy (non-hydrogen) atoms. The second-order valence-corrected chi connectivity index (χ2v) is 32.1. The van der Waals surface area contributed by atoms with Crippen LogP contribution in [0.5, 0.6) is 0 Å². The fourth-order valence-corrected chi connectivity index (χ4v) is 28.3. The summed E-state index contributed by atoms with van der Waals surface area (Å²) in [4.78, 5) is 0. The molecule has 0 saturated carbocycles. The molecular weight excluding hydrogens is 662 g/mol. The van der Waals surface area contributed by atoms with Crippen molar-refractivity contribution < 1.29 is 18.6 Å². The summed E-state index contributed by atoms with van der Waals surface area (Å²) in [5, 5.41) is 0. The third-order valence-electron chi connectivity index (χ3n) is 7.71. The minimum Gasteiger partial charge on any atom is -0.147 e. The van der Waals surface area contributed by atoms with Crippen molar-refractivity contribution in [1.82, 2.24) is 0 Å². The van der Waals surface area contributed by atoms with Gasteiger partial charge in [-0.05, 0) is 0 Å². The molecule has 1 unspecified atom stereocenters. The van der Waals surface area contributed by atoms with E-state index in [4.69, 9.17) is 0 Å². The van der Waals surface area contributed by atoms with Crippen molar-refractivity contribution in [2.75, 3.05) is 0 Å². The molecule has 2 aliphatic rings. The number of fused-ring (bicyclic) bond motifs is 3. The Morgan fingerprint density at radius 3 is 1.94 bits per heavy atom. The SMILES string of the molecule is Cc1ccc2c(c1)[CH]([Hf](=[SiH2])([c]1ccccc1)[c]1ccccc1)c1c-2ccc(C)c1C1=CC=CC1.Cl.Cl. The molecule has 2 aliphatic carbocycles. The number of allylic oxidation sites excluding steroid dienone is 4. The van der Waals surface area contributed by atoms with Gasteiger partial charge in [-0.1, -0.05) is 0 Å². The molecule has 181 valence electrons. The maximum Gasteiger partial charge on any atom is -0.147 e. The molecule has 0 radical (unpaired) electrons. The maximum atomic E-state index is 2.50. The van der Waals surface area contributed by atoms with Gasteiger partial charge in [-0.2, -0.15) is 0 Å². The average molecular weight is 693 g/mol. The number of hydrogen-bond donors (Lipinski definition) is 0. The topological polar surface area (TPSA) is 0 Å². The van der Waals surface area contributed by atoms with Crippen molar-refractivity contribution in [1.29, 1.82) is 0 Å². The summed E-state index contributed by atoms with van der Waals surface area (Å²) in [6.45, 7) is 6.94. The Labute approximate surface area is 233 Å². The Morgan fingerprint density at radius 2 is 1.36 bits per heavy atom. The molecule has 1 atom stereocenters. The van der Waals surface area contributed by atoms with Crippen molar-refractivity contribution in [2.24, 2.45) is 0 Å². The van der Waals surface area contributed by atoms with Crippen LogP contribution in [0.15, 0.2) is 109 Å². The van der Waals surface area contributed by atoms with Crippen molar-refractivity contribution in [3.05, 3.63) is 137 Å². The standard InChI is InChI=1S/C20H17.2C6H5.2ClH.Hf.H2Si/c1-13-7-9-17-16(11-13)12-19-18(17)10-8-14(2)20(19)15-5-3-4-6-15;2*1-2-4-6-5-3-1;;;;/h3-5,7-12H,6H2,1-2H3;2*1-5H;2*1H;;1H2. The van der Waals surface area contributed by atoms with Gasteiger partial charge in [0.25, 0.3) is 0 Å². The van der Waals surface area contributed by atoms with E-state index < -0.39 is 18.6 Å². The zero-order valence-electron chi connectivity index (χ0n) is 20.7. The second-order valence-electron chi connectivity index (χ2n) is 9.77. The van der Waals surface area contributed by atoms with E-state index in [0.717, 1.165) is 6.42 Å². The Morgan fingerprint density at radius 1 is 0.750 bits per heavy atom. The van der Waals surface area contributed by atoms with Gasteiger partial charge >= 0.3 is 210 Å². The van der Waals surface area contributed by atoms with Crippen LogP contribution in [0.2, 0.25) is 0 Å². The molecule has 0 fully saturated rings. The van der Waals surface area contributed by atoms with Gasteiger partial charge in [0, 0.05) is 0 Å². The Bertz CT molecular complexity index is 1480. The third kappa shape index (κ3) is 4.26. The molecule has 0 bridgehead atoms. The largest absolute Gasteiger partial charge is 0.147 e. The average Bonchev–Trinajstić information content (AvgIpc) is 3.51. The van der Waals surface area contributed by atoms with Crippen LogP contribution >= 0.6 is 24.8 Å². The van der Waals surface area contributed by atoms with Crippen LogP contribution in [0.3, 0.4) is 0 Å². The summed E-state index contributed by atoms with van der Waals surface area (Å²) < 4.78 is 3.64. The quantitative estimate of drug-likeness (QED) is 0.204. The summed E-state index contributed by atoms with van der Waals surface area (Å²) in [6.07, 6.45) is 7.91. The first-order valence-electron chi connectivity index (χ1n) is 12.2. The van der Waals surface area contributed by atoms with Gasteiger partial charge in [-0.25, -0.2) is 0 Å². The molecule has 0 nitrogen and oxygen atoms in total. The monoisotopic (exact) mass is 693 g/mol. The third-order valence-corrected chi connectivity index (χ3v) is 33.2. The predicted molar refractivity (Wildman–Crippen MR) is 160 cm³/mol. The molecule has 4 aromatic carbocycles. The first kappa shape index (κ1) is 27.1. The van der Waals surface area contributed by atoms with Gasteiger partial charge in [0.2, 0.25) is 0 Å². The Kier molecular flexibility index (Phi) is 8.12. The molecular formula is C32H31Cl2HfSi. The van der Waals surface area contributed by atoms with Crippen LogP contribution in [0.1, 0.15) is 37.9 Å². The minimum atomic E-state index is -3.44.